The van der Waals surface area contributed by atoms with Gasteiger partial charge in [0, 0.05) is 23.2 Å². The zero-order valence-electron chi connectivity index (χ0n) is 13.1. The summed E-state index contributed by atoms with van der Waals surface area (Å²) in [6.45, 7) is 3.42. The third kappa shape index (κ3) is 2.22. The fraction of sp³-hybridized carbons (Fsp3) is 0.500. The van der Waals surface area contributed by atoms with Crippen LogP contribution in [0.5, 0.6) is 0 Å². The largest absolute Gasteiger partial charge is 0.385 e. The van der Waals surface area contributed by atoms with E-state index in [2.05, 4.69) is 29.1 Å². The normalized spacial score (nSPS) is 32.3. The summed E-state index contributed by atoms with van der Waals surface area (Å²) in [7, 11) is 2.14. The van der Waals surface area contributed by atoms with E-state index in [1.165, 1.54) is 0 Å². The van der Waals surface area contributed by atoms with Gasteiger partial charge in [0.15, 0.2) is 0 Å². The SMILES string of the molecule is Cc1ccc2cc(C3(O)CC4COCC(C3)N4C)ccc2n1. The predicted molar refractivity (Wildman–Crippen MR) is 85.8 cm³/mol. The molecule has 4 nitrogen and oxygen atoms in total. The highest BCUT2D eigenvalue weighted by molar-refractivity contribution is 5.79. The predicted octanol–water partition coefficient (Wildman–Crippen LogP) is 2.22. The number of hydrogen-bond donors (Lipinski definition) is 1. The number of aryl methyl sites for hydroxylation is 1. The Kier molecular flexibility index (Phi) is 3.22. The lowest BCUT2D eigenvalue weighted by atomic mass is 9.77. The second kappa shape index (κ2) is 5.01. The third-order valence-corrected chi connectivity index (χ3v) is 5.28. The average molecular weight is 298 g/mol. The molecule has 4 rings (SSSR count). The number of benzene rings is 1. The number of ether oxygens (including phenoxy) is 1. The first kappa shape index (κ1) is 14.1. The van der Waals surface area contributed by atoms with Gasteiger partial charge in [0.2, 0.25) is 0 Å². The Labute approximate surface area is 130 Å². The van der Waals surface area contributed by atoms with E-state index < -0.39 is 5.60 Å². The molecule has 2 atom stereocenters. The van der Waals surface area contributed by atoms with Gasteiger partial charge in [-0.1, -0.05) is 12.1 Å². The first-order valence-electron chi connectivity index (χ1n) is 7.95. The van der Waals surface area contributed by atoms with Crippen LogP contribution in [0, 0.1) is 6.92 Å². The first-order chi connectivity index (χ1) is 10.5. The summed E-state index contributed by atoms with van der Waals surface area (Å²) in [5, 5.41) is 12.4. The van der Waals surface area contributed by atoms with E-state index in [0.29, 0.717) is 25.3 Å². The van der Waals surface area contributed by atoms with Gasteiger partial charge in [0.1, 0.15) is 0 Å². The third-order valence-electron chi connectivity index (χ3n) is 5.28. The van der Waals surface area contributed by atoms with Crippen LogP contribution in [-0.4, -0.2) is 47.3 Å². The minimum atomic E-state index is -0.759. The van der Waals surface area contributed by atoms with Gasteiger partial charge in [-0.25, -0.2) is 0 Å². The molecule has 2 aliphatic heterocycles. The Hall–Kier alpha value is -1.49. The Morgan fingerprint density at radius 1 is 1.18 bits per heavy atom. The molecule has 0 aliphatic carbocycles. The maximum atomic E-state index is 11.3. The van der Waals surface area contributed by atoms with Crippen LogP contribution < -0.4 is 0 Å². The molecule has 1 N–H and O–H groups in total. The van der Waals surface area contributed by atoms with Crippen LogP contribution in [0.3, 0.4) is 0 Å². The summed E-state index contributed by atoms with van der Waals surface area (Å²) in [6.07, 6.45) is 1.45. The first-order valence-corrected chi connectivity index (χ1v) is 7.95. The molecule has 116 valence electrons. The second-order valence-electron chi connectivity index (χ2n) is 6.81. The molecule has 2 aliphatic rings. The minimum absolute atomic E-state index is 0.296. The van der Waals surface area contributed by atoms with Gasteiger partial charge >= 0.3 is 0 Å². The average Bonchev–Trinajstić information content (AvgIpc) is 2.48. The van der Waals surface area contributed by atoms with Crippen LogP contribution in [0.25, 0.3) is 10.9 Å². The maximum Gasteiger partial charge on any atom is 0.0928 e. The number of aromatic nitrogens is 1. The summed E-state index contributed by atoms with van der Waals surface area (Å²) >= 11 is 0. The molecule has 1 aromatic carbocycles. The summed E-state index contributed by atoms with van der Waals surface area (Å²) in [5.41, 5.74) is 2.26. The molecule has 1 aromatic heterocycles. The summed E-state index contributed by atoms with van der Waals surface area (Å²) < 4.78 is 5.66. The number of rotatable bonds is 1. The van der Waals surface area contributed by atoms with E-state index in [1.54, 1.807) is 0 Å². The minimum Gasteiger partial charge on any atom is -0.385 e. The zero-order chi connectivity index (χ0) is 15.3. The van der Waals surface area contributed by atoms with E-state index in [-0.39, 0.29) is 0 Å². The second-order valence-corrected chi connectivity index (χ2v) is 6.81. The van der Waals surface area contributed by atoms with Crippen molar-refractivity contribution in [3.05, 3.63) is 41.6 Å². The number of fused-ring (bicyclic) bond motifs is 3. The summed E-state index contributed by atoms with van der Waals surface area (Å²) in [4.78, 5) is 6.91. The fourth-order valence-corrected chi connectivity index (χ4v) is 3.89. The standard InChI is InChI=1S/C18H22N2O2/c1-12-3-4-13-7-14(5-6-17(13)19-12)18(21)8-15-10-22-11-16(9-18)20(15)2/h3-7,15-16,21H,8-11H2,1-2H3. The Balaban J connectivity index is 1.72. The molecule has 22 heavy (non-hydrogen) atoms. The summed E-state index contributed by atoms with van der Waals surface area (Å²) in [5.74, 6) is 0. The number of likely N-dealkylation sites (N-methyl/N-ethyl adjacent to an activating group) is 1. The van der Waals surface area contributed by atoms with E-state index in [1.807, 2.05) is 25.1 Å². The maximum absolute atomic E-state index is 11.3. The molecule has 2 aromatic rings. The highest BCUT2D eigenvalue weighted by Gasteiger charge is 2.45. The Morgan fingerprint density at radius 2 is 1.91 bits per heavy atom. The van der Waals surface area contributed by atoms with Crippen molar-refractivity contribution in [3.8, 4) is 0 Å². The van der Waals surface area contributed by atoms with Gasteiger partial charge in [-0.15, -0.1) is 0 Å². The number of morpholine rings is 1. The van der Waals surface area contributed by atoms with Crippen molar-refractivity contribution < 1.29 is 9.84 Å². The molecular weight excluding hydrogens is 276 g/mol. The van der Waals surface area contributed by atoms with Crippen LogP contribution in [-0.2, 0) is 10.3 Å². The lowest BCUT2D eigenvalue weighted by Crippen LogP contribution is -2.59. The molecule has 0 spiro atoms. The van der Waals surface area contributed by atoms with Crippen molar-refractivity contribution in [2.24, 2.45) is 0 Å². The topological polar surface area (TPSA) is 45.6 Å². The van der Waals surface area contributed by atoms with Crippen LogP contribution in [0.2, 0.25) is 0 Å². The molecule has 3 heterocycles. The van der Waals surface area contributed by atoms with Crippen molar-refractivity contribution in [2.75, 3.05) is 20.3 Å². The molecule has 4 heteroatoms. The quantitative estimate of drug-likeness (QED) is 0.877. The molecule has 0 saturated carbocycles. The summed E-state index contributed by atoms with van der Waals surface area (Å²) in [6, 6.07) is 10.9. The Bertz CT molecular complexity index is 701. The van der Waals surface area contributed by atoms with Crippen molar-refractivity contribution in [3.63, 3.8) is 0 Å². The van der Waals surface area contributed by atoms with E-state index in [4.69, 9.17) is 4.74 Å². The van der Waals surface area contributed by atoms with Crippen molar-refractivity contribution in [1.82, 2.24) is 9.88 Å². The van der Waals surface area contributed by atoms with E-state index >= 15 is 0 Å². The van der Waals surface area contributed by atoms with E-state index in [9.17, 15) is 5.11 Å². The van der Waals surface area contributed by atoms with Crippen LogP contribution in [0.1, 0.15) is 24.1 Å². The number of aliphatic hydroxyl groups is 1. The van der Waals surface area contributed by atoms with Gasteiger partial charge < -0.3 is 9.84 Å². The lowest BCUT2D eigenvalue weighted by molar-refractivity contribution is -0.137. The highest BCUT2D eigenvalue weighted by Crippen LogP contribution is 2.40. The molecule has 2 bridgehead atoms. The van der Waals surface area contributed by atoms with Crippen molar-refractivity contribution in [2.45, 2.75) is 37.5 Å². The molecular formula is C18H22N2O2. The fourth-order valence-electron chi connectivity index (χ4n) is 3.89. The van der Waals surface area contributed by atoms with Gasteiger partial charge in [-0.2, -0.15) is 0 Å². The highest BCUT2D eigenvalue weighted by atomic mass is 16.5. The van der Waals surface area contributed by atoms with Gasteiger partial charge in [-0.3, -0.25) is 9.88 Å². The number of pyridine rings is 1. The lowest BCUT2D eigenvalue weighted by Gasteiger charge is -2.50. The number of hydrogen-bond acceptors (Lipinski definition) is 4. The number of piperidine rings is 1. The zero-order valence-corrected chi connectivity index (χ0v) is 13.1. The smallest absolute Gasteiger partial charge is 0.0928 e. The number of nitrogens with zero attached hydrogens (tertiary/aromatic N) is 2. The molecule has 2 fully saturated rings. The van der Waals surface area contributed by atoms with E-state index in [0.717, 1.165) is 35.0 Å². The van der Waals surface area contributed by atoms with Crippen LogP contribution >= 0.6 is 0 Å². The molecule has 2 unspecified atom stereocenters. The molecule has 0 amide bonds. The molecule has 2 saturated heterocycles. The molecule has 0 radical (unpaired) electrons. The van der Waals surface area contributed by atoms with Crippen molar-refractivity contribution in [1.29, 1.82) is 0 Å². The van der Waals surface area contributed by atoms with Gasteiger partial charge in [-0.05, 0) is 50.6 Å². The van der Waals surface area contributed by atoms with Gasteiger partial charge in [0.25, 0.3) is 0 Å². The van der Waals surface area contributed by atoms with Crippen molar-refractivity contribution >= 4 is 10.9 Å². The van der Waals surface area contributed by atoms with Gasteiger partial charge in [0.05, 0.1) is 24.3 Å². The van der Waals surface area contributed by atoms with Crippen LogP contribution in [0.4, 0.5) is 0 Å². The monoisotopic (exact) mass is 298 g/mol. The Morgan fingerprint density at radius 3 is 2.64 bits per heavy atom. The van der Waals surface area contributed by atoms with Crippen LogP contribution in [0.15, 0.2) is 30.3 Å².